The van der Waals surface area contributed by atoms with Crippen LogP contribution in [0.1, 0.15) is 71.8 Å². The van der Waals surface area contributed by atoms with E-state index in [-0.39, 0.29) is 23.7 Å². The lowest BCUT2D eigenvalue weighted by Crippen LogP contribution is -2.57. The topological polar surface area (TPSA) is 54.8 Å². The van der Waals surface area contributed by atoms with Crippen LogP contribution in [0.4, 0.5) is 13.2 Å². The van der Waals surface area contributed by atoms with Gasteiger partial charge in [0.25, 0.3) is 11.7 Å². The molecular formula is C26H32F3N3O3. The van der Waals surface area contributed by atoms with E-state index < -0.39 is 17.5 Å². The third-order valence-electron chi connectivity index (χ3n) is 7.26. The van der Waals surface area contributed by atoms with Gasteiger partial charge in [-0.05, 0) is 83.5 Å². The summed E-state index contributed by atoms with van der Waals surface area (Å²) in [5, 5.41) is 0. The number of aromatic nitrogens is 1. The highest BCUT2D eigenvalue weighted by Crippen LogP contribution is 2.44. The lowest BCUT2D eigenvalue weighted by Gasteiger charge is -2.52. The number of alkyl halides is 3. The summed E-state index contributed by atoms with van der Waals surface area (Å²) in [4.78, 5) is 29.3. The molecule has 1 unspecified atom stereocenters. The standard InChI is InChI=1S/C26H32F3N3O3/c1-16(2)35-21-8-6-19(14-17(21)3)24(34)31-12-10-25(11-13-31)22-9-7-20(23(33)26(27,28)29)32(22)18(4)15-30(25)5/h6-9,14,16,18H,10-13,15H2,1-5H3. The predicted octanol–water partition coefficient (Wildman–Crippen LogP) is 4.97. The van der Waals surface area contributed by atoms with Gasteiger partial charge in [-0.1, -0.05) is 0 Å². The first-order valence-electron chi connectivity index (χ1n) is 12.0. The molecule has 35 heavy (non-hydrogen) atoms. The van der Waals surface area contributed by atoms with Gasteiger partial charge < -0.3 is 14.2 Å². The number of benzene rings is 1. The van der Waals surface area contributed by atoms with Crippen LogP contribution in [-0.4, -0.2) is 65.0 Å². The molecule has 0 aliphatic carbocycles. The van der Waals surface area contributed by atoms with Crippen molar-refractivity contribution in [1.29, 1.82) is 0 Å². The number of aryl methyl sites for hydroxylation is 1. The molecule has 0 bridgehead atoms. The second-order valence-electron chi connectivity index (χ2n) is 10.0. The first-order chi connectivity index (χ1) is 16.3. The number of piperidine rings is 1. The molecule has 1 atom stereocenters. The number of fused-ring (bicyclic) bond motifs is 2. The maximum Gasteiger partial charge on any atom is 0.456 e. The molecule has 1 amide bonds. The van der Waals surface area contributed by atoms with Crippen molar-refractivity contribution >= 4 is 11.7 Å². The molecule has 1 fully saturated rings. The monoisotopic (exact) mass is 491 g/mol. The average Bonchev–Trinajstić information content (AvgIpc) is 3.24. The van der Waals surface area contributed by atoms with E-state index in [1.807, 2.05) is 46.9 Å². The van der Waals surface area contributed by atoms with Crippen molar-refractivity contribution in [2.45, 2.75) is 64.4 Å². The van der Waals surface area contributed by atoms with Crippen LogP contribution in [0.25, 0.3) is 0 Å². The number of ketones is 1. The zero-order valence-electron chi connectivity index (χ0n) is 20.8. The van der Waals surface area contributed by atoms with Crippen molar-refractivity contribution in [2.24, 2.45) is 0 Å². The highest BCUT2D eigenvalue weighted by atomic mass is 19.4. The molecule has 2 aliphatic heterocycles. The number of amides is 1. The summed E-state index contributed by atoms with van der Waals surface area (Å²) >= 11 is 0. The maximum atomic E-state index is 13.2. The second kappa shape index (κ2) is 9.00. The van der Waals surface area contributed by atoms with Gasteiger partial charge in [-0.15, -0.1) is 0 Å². The van der Waals surface area contributed by atoms with E-state index in [9.17, 15) is 22.8 Å². The van der Waals surface area contributed by atoms with Crippen LogP contribution in [0.5, 0.6) is 5.75 Å². The van der Waals surface area contributed by atoms with E-state index >= 15 is 0 Å². The molecule has 190 valence electrons. The lowest BCUT2D eigenvalue weighted by atomic mass is 9.80. The Balaban J connectivity index is 1.56. The molecule has 2 aliphatic rings. The number of carbonyl (C=O) groups excluding carboxylic acids is 2. The smallest absolute Gasteiger partial charge is 0.456 e. The Hall–Kier alpha value is -2.81. The summed E-state index contributed by atoms with van der Waals surface area (Å²) < 4.78 is 47.0. The van der Waals surface area contributed by atoms with Crippen LogP contribution in [0, 0.1) is 6.92 Å². The number of likely N-dealkylation sites (tertiary alicyclic amines) is 1. The number of Topliss-reactive ketones (excluding diaryl/α,β-unsaturated/α-hetero) is 1. The zero-order valence-corrected chi connectivity index (χ0v) is 20.8. The van der Waals surface area contributed by atoms with Gasteiger partial charge >= 0.3 is 6.18 Å². The van der Waals surface area contributed by atoms with Crippen molar-refractivity contribution in [3.63, 3.8) is 0 Å². The van der Waals surface area contributed by atoms with Gasteiger partial charge in [-0.25, -0.2) is 0 Å². The van der Waals surface area contributed by atoms with Crippen molar-refractivity contribution in [2.75, 3.05) is 26.7 Å². The van der Waals surface area contributed by atoms with Crippen LogP contribution in [-0.2, 0) is 5.54 Å². The molecule has 9 heteroatoms. The van der Waals surface area contributed by atoms with E-state index in [2.05, 4.69) is 4.90 Å². The molecule has 0 N–H and O–H groups in total. The Labute approximate surface area is 203 Å². The third kappa shape index (κ3) is 4.46. The molecule has 1 spiro atoms. The van der Waals surface area contributed by atoms with Crippen LogP contribution in [0.3, 0.4) is 0 Å². The van der Waals surface area contributed by atoms with E-state index in [4.69, 9.17) is 4.74 Å². The molecule has 3 heterocycles. The van der Waals surface area contributed by atoms with Crippen molar-refractivity contribution in [3.05, 3.63) is 52.8 Å². The minimum Gasteiger partial charge on any atom is -0.491 e. The molecule has 1 aromatic heterocycles. The molecule has 0 saturated carbocycles. The molecule has 1 aromatic carbocycles. The third-order valence-corrected chi connectivity index (χ3v) is 7.26. The van der Waals surface area contributed by atoms with Crippen molar-refractivity contribution < 1.29 is 27.5 Å². The summed E-state index contributed by atoms with van der Waals surface area (Å²) in [6.07, 6.45) is -3.75. The minimum absolute atomic E-state index is 0.0367. The number of hydrogen-bond donors (Lipinski definition) is 0. The van der Waals surface area contributed by atoms with Crippen LogP contribution >= 0.6 is 0 Å². The van der Waals surface area contributed by atoms with Gasteiger partial charge in [0, 0.05) is 36.9 Å². The van der Waals surface area contributed by atoms with Crippen LogP contribution in [0.2, 0.25) is 0 Å². The molecular weight excluding hydrogens is 459 g/mol. The van der Waals surface area contributed by atoms with Gasteiger partial charge in [0.1, 0.15) is 5.75 Å². The second-order valence-corrected chi connectivity index (χ2v) is 10.0. The Morgan fingerprint density at radius 3 is 2.34 bits per heavy atom. The number of hydrogen-bond acceptors (Lipinski definition) is 4. The largest absolute Gasteiger partial charge is 0.491 e. The predicted molar refractivity (Wildman–Crippen MR) is 126 cm³/mol. The van der Waals surface area contributed by atoms with Crippen LogP contribution < -0.4 is 4.74 Å². The number of carbonyl (C=O) groups is 2. The summed E-state index contributed by atoms with van der Waals surface area (Å²) in [6, 6.07) is 8.09. The van der Waals surface area contributed by atoms with Gasteiger partial charge in [-0.3, -0.25) is 14.5 Å². The van der Waals surface area contributed by atoms with Gasteiger partial charge in [-0.2, -0.15) is 13.2 Å². The van der Waals surface area contributed by atoms with E-state index in [1.54, 1.807) is 21.6 Å². The fourth-order valence-electron chi connectivity index (χ4n) is 5.55. The number of ether oxygens (including phenoxy) is 1. The first kappa shape index (κ1) is 25.3. The fourth-order valence-corrected chi connectivity index (χ4v) is 5.55. The van der Waals surface area contributed by atoms with E-state index in [1.165, 1.54) is 6.07 Å². The first-order valence-corrected chi connectivity index (χ1v) is 12.0. The quantitative estimate of drug-likeness (QED) is 0.567. The Bertz CT molecular complexity index is 1130. The molecule has 4 rings (SSSR count). The molecule has 1 saturated heterocycles. The average molecular weight is 492 g/mol. The van der Waals surface area contributed by atoms with E-state index in [0.29, 0.717) is 43.7 Å². The van der Waals surface area contributed by atoms with E-state index in [0.717, 1.165) is 11.3 Å². The summed E-state index contributed by atoms with van der Waals surface area (Å²) in [5.41, 5.74) is 1.34. The zero-order chi connectivity index (χ0) is 25.7. The molecule has 0 radical (unpaired) electrons. The van der Waals surface area contributed by atoms with Gasteiger partial charge in [0.2, 0.25) is 0 Å². The maximum absolute atomic E-state index is 13.2. The van der Waals surface area contributed by atoms with Crippen molar-refractivity contribution in [1.82, 2.24) is 14.4 Å². The normalized spacial score (nSPS) is 20.3. The number of rotatable bonds is 4. The number of halogens is 3. The highest BCUT2D eigenvalue weighted by molar-refractivity contribution is 5.99. The summed E-state index contributed by atoms with van der Waals surface area (Å²) in [7, 11) is 1.96. The SMILES string of the molecule is Cc1cc(C(=O)N2CCC3(CC2)c2ccc(C(=O)C(F)(F)F)n2C(C)CN3C)ccc1OC(C)C. The highest BCUT2D eigenvalue weighted by Gasteiger charge is 2.49. The summed E-state index contributed by atoms with van der Waals surface area (Å²) in [5.74, 6) is -1.14. The Morgan fingerprint density at radius 2 is 1.77 bits per heavy atom. The lowest BCUT2D eigenvalue weighted by molar-refractivity contribution is -0.0894. The minimum atomic E-state index is -4.92. The van der Waals surface area contributed by atoms with Crippen LogP contribution in [0.15, 0.2) is 30.3 Å². The fraction of sp³-hybridized carbons (Fsp3) is 0.538. The Morgan fingerprint density at radius 1 is 1.11 bits per heavy atom. The Kier molecular flexibility index (Phi) is 6.51. The van der Waals surface area contributed by atoms with Gasteiger partial charge in [0.05, 0.1) is 17.3 Å². The number of nitrogens with zero attached hydrogens (tertiary/aromatic N) is 3. The van der Waals surface area contributed by atoms with Crippen molar-refractivity contribution in [3.8, 4) is 5.75 Å². The number of likely N-dealkylation sites (N-methyl/N-ethyl adjacent to an activating group) is 1. The van der Waals surface area contributed by atoms with Gasteiger partial charge in [0.15, 0.2) is 0 Å². The molecule has 6 nitrogen and oxygen atoms in total. The summed E-state index contributed by atoms with van der Waals surface area (Å²) in [6.45, 7) is 9.08. The molecule has 2 aromatic rings.